The molecule has 3 N–H and O–H groups in total. The number of carboxylic acid groups (broad SMARTS) is 1. The molecule has 0 spiro atoms. The highest BCUT2D eigenvalue weighted by atomic mass is 16.5. The minimum atomic E-state index is -0.745. The molecule has 1 aromatic carbocycles. The van der Waals surface area contributed by atoms with Crippen LogP contribution in [-0.2, 0) is 9.53 Å². The SMILES string of the molecule is CC(c1ccc(O)cc1)C(O)/C=C/[C@@H]1[C@H](C/C=C\CCCC(=O)O)[C@@H]2CC[C@H]1O2. The third kappa shape index (κ3) is 5.71. The Hall–Kier alpha value is -2.11. The van der Waals surface area contributed by atoms with E-state index in [0.717, 1.165) is 31.2 Å². The Balaban J connectivity index is 1.55. The van der Waals surface area contributed by atoms with Gasteiger partial charge >= 0.3 is 5.97 Å². The molecule has 6 atom stereocenters. The Labute approximate surface area is 172 Å². The van der Waals surface area contributed by atoms with Gasteiger partial charge in [-0.1, -0.05) is 43.4 Å². The second kappa shape index (κ2) is 10.1. The van der Waals surface area contributed by atoms with Gasteiger partial charge in [-0.2, -0.15) is 0 Å². The van der Waals surface area contributed by atoms with Crippen molar-refractivity contribution in [2.24, 2.45) is 11.8 Å². The minimum Gasteiger partial charge on any atom is -0.508 e. The van der Waals surface area contributed by atoms with Crippen molar-refractivity contribution in [1.29, 1.82) is 0 Å². The summed E-state index contributed by atoms with van der Waals surface area (Å²) in [6.07, 6.45) is 13.0. The lowest BCUT2D eigenvalue weighted by Gasteiger charge is -2.25. The molecule has 2 aliphatic heterocycles. The van der Waals surface area contributed by atoms with E-state index >= 15 is 0 Å². The van der Waals surface area contributed by atoms with Crippen LogP contribution in [0.15, 0.2) is 48.6 Å². The number of phenols is 1. The first-order chi connectivity index (χ1) is 14.0. The second-order valence-electron chi connectivity index (χ2n) is 8.28. The minimum absolute atomic E-state index is 0.0565. The molecule has 2 saturated heterocycles. The molecule has 1 aromatic rings. The van der Waals surface area contributed by atoms with Crippen LogP contribution in [0.25, 0.3) is 0 Å². The van der Waals surface area contributed by atoms with Crippen LogP contribution in [0.4, 0.5) is 0 Å². The third-order valence-corrected chi connectivity index (χ3v) is 6.28. The van der Waals surface area contributed by atoms with Crippen molar-refractivity contribution in [3.05, 3.63) is 54.1 Å². The fraction of sp³-hybridized carbons (Fsp3) is 0.542. The molecule has 29 heavy (non-hydrogen) atoms. The summed E-state index contributed by atoms with van der Waals surface area (Å²) in [5.41, 5.74) is 0.991. The lowest BCUT2D eigenvalue weighted by molar-refractivity contribution is -0.137. The van der Waals surface area contributed by atoms with Gasteiger partial charge in [-0.05, 0) is 55.7 Å². The van der Waals surface area contributed by atoms with E-state index in [1.54, 1.807) is 12.1 Å². The van der Waals surface area contributed by atoms with E-state index in [1.807, 2.05) is 25.1 Å². The molecule has 5 heteroatoms. The Morgan fingerprint density at radius 2 is 1.93 bits per heavy atom. The Morgan fingerprint density at radius 3 is 2.66 bits per heavy atom. The zero-order chi connectivity index (χ0) is 20.8. The molecule has 0 aromatic heterocycles. The van der Waals surface area contributed by atoms with Gasteiger partial charge in [0.15, 0.2) is 0 Å². The number of aliphatic carboxylic acids is 1. The van der Waals surface area contributed by atoms with Gasteiger partial charge < -0.3 is 20.1 Å². The van der Waals surface area contributed by atoms with Crippen molar-refractivity contribution in [1.82, 2.24) is 0 Å². The maximum Gasteiger partial charge on any atom is 0.303 e. The number of benzene rings is 1. The molecule has 2 unspecified atom stereocenters. The van der Waals surface area contributed by atoms with Gasteiger partial charge in [0, 0.05) is 18.3 Å². The molecular weight excluding hydrogens is 368 g/mol. The van der Waals surface area contributed by atoms with Gasteiger partial charge in [0.1, 0.15) is 5.75 Å². The standard InChI is InChI=1S/C24H32O5/c1-16(17-8-10-18(25)11-9-17)21(26)13-12-20-19(22-14-15-23(20)29-22)6-4-2-3-5-7-24(27)28/h2,4,8-13,16,19-23,25-26H,3,5-7,14-15H2,1H3,(H,27,28)/b4-2-,13-12+/t16?,19-,20+,21?,22-,23+/m0/s1. The Kier molecular flexibility index (Phi) is 7.51. The Bertz CT molecular complexity index is 723. The summed E-state index contributed by atoms with van der Waals surface area (Å²) in [4.78, 5) is 10.6. The van der Waals surface area contributed by atoms with Gasteiger partial charge in [-0.15, -0.1) is 0 Å². The fourth-order valence-electron chi connectivity index (χ4n) is 4.51. The number of fused-ring (bicyclic) bond motifs is 2. The average Bonchev–Trinajstić information content (AvgIpc) is 3.30. The Morgan fingerprint density at radius 1 is 1.21 bits per heavy atom. The zero-order valence-electron chi connectivity index (χ0n) is 17.0. The van der Waals surface area contributed by atoms with Crippen LogP contribution in [0.3, 0.4) is 0 Å². The fourth-order valence-corrected chi connectivity index (χ4v) is 4.51. The highest BCUT2D eigenvalue weighted by Gasteiger charge is 2.46. The van der Waals surface area contributed by atoms with Crippen LogP contribution in [-0.4, -0.2) is 39.6 Å². The van der Waals surface area contributed by atoms with Gasteiger partial charge in [-0.25, -0.2) is 0 Å². The van der Waals surface area contributed by atoms with Gasteiger partial charge in [0.05, 0.1) is 18.3 Å². The van der Waals surface area contributed by atoms with E-state index in [0.29, 0.717) is 18.3 Å². The number of carbonyl (C=O) groups is 1. The molecule has 0 amide bonds. The summed E-state index contributed by atoms with van der Waals surface area (Å²) < 4.78 is 6.13. The molecule has 3 rings (SSSR count). The molecule has 5 nitrogen and oxygen atoms in total. The number of allylic oxidation sites excluding steroid dienone is 2. The van der Waals surface area contributed by atoms with E-state index in [1.165, 1.54) is 0 Å². The summed E-state index contributed by atoms with van der Waals surface area (Å²) in [5.74, 6) is 0.143. The van der Waals surface area contributed by atoms with Gasteiger partial charge in [0.2, 0.25) is 0 Å². The molecule has 0 radical (unpaired) electrons. The first kappa shape index (κ1) is 21.6. The topological polar surface area (TPSA) is 87.0 Å². The molecule has 2 bridgehead atoms. The predicted molar refractivity (Wildman–Crippen MR) is 112 cm³/mol. The van der Waals surface area contributed by atoms with Crippen LogP contribution < -0.4 is 0 Å². The van der Waals surface area contributed by atoms with E-state index in [-0.39, 0.29) is 30.3 Å². The number of phenolic OH excluding ortho intramolecular Hbond substituents is 1. The van der Waals surface area contributed by atoms with Crippen LogP contribution in [0.1, 0.15) is 56.9 Å². The van der Waals surface area contributed by atoms with E-state index in [4.69, 9.17) is 9.84 Å². The van der Waals surface area contributed by atoms with Crippen LogP contribution in [0.2, 0.25) is 0 Å². The van der Waals surface area contributed by atoms with E-state index in [2.05, 4.69) is 18.2 Å². The number of hydrogen-bond acceptors (Lipinski definition) is 4. The van der Waals surface area contributed by atoms with Crippen molar-refractivity contribution in [3.63, 3.8) is 0 Å². The number of carboxylic acids is 1. The third-order valence-electron chi connectivity index (χ3n) is 6.28. The van der Waals surface area contributed by atoms with Crippen LogP contribution in [0, 0.1) is 11.8 Å². The molecule has 2 heterocycles. The van der Waals surface area contributed by atoms with E-state index < -0.39 is 12.1 Å². The van der Waals surface area contributed by atoms with Crippen molar-refractivity contribution < 1.29 is 24.9 Å². The number of aliphatic hydroxyl groups excluding tert-OH is 1. The predicted octanol–water partition coefficient (Wildman–Crippen LogP) is 4.41. The highest BCUT2D eigenvalue weighted by molar-refractivity contribution is 5.66. The molecule has 0 aliphatic carbocycles. The smallest absolute Gasteiger partial charge is 0.303 e. The monoisotopic (exact) mass is 400 g/mol. The number of hydrogen-bond donors (Lipinski definition) is 3. The summed E-state index contributed by atoms with van der Waals surface area (Å²) >= 11 is 0. The number of unbranched alkanes of at least 4 members (excludes halogenated alkanes) is 1. The number of ether oxygens (including phenoxy) is 1. The number of rotatable bonds is 10. The summed E-state index contributed by atoms with van der Waals surface area (Å²) in [6.45, 7) is 1.98. The normalized spacial score (nSPS) is 28.3. The van der Waals surface area contributed by atoms with Crippen molar-refractivity contribution in [3.8, 4) is 5.75 Å². The summed E-state index contributed by atoms with van der Waals surface area (Å²) in [7, 11) is 0. The van der Waals surface area contributed by atoms with Crippen LogP contribution in [0.5, 0.6) is 5.75 Å². The quantitative estimate of drug-likeness (QED) is 0.400. The van der Waals surface area contributed by atoms with Crippen molar-refractivity contribution in [2.45, 2.75) is 69.7 Å². The first-order valence-corrected chi connectivity index (χ1v) is 10.6. The average molecular weight is 401 g/mol. The molecule has 158 valence electrons. The molecule has 2 fully saturated rings. The summed E-state index contributed by atoms with van der Waals surface area (Å²) in [6, 6.07) is 6.97. The molecule has 0 saturated carbocycles. The van der Waals surface area contributed by atoms with Gasteiger partial charge in [-0.3, -0.25) is 4.79 Å². The lowest BCUT2D eigenvalue weighted by atomic mass is 9.77. The molecular formula is C24H32O5. The summed E-state index contributed by atoms with van der Waals surface area (Å²) in [5, 5.41) is 28.8. The number of aromatic hydroxyl groups is 1. The number of aliphatic hydroxyl groups is 1. The zero-order valence-corrected chi connectivity index (χ0v) is 17.0. The maximum atomic E-state index is 10.6. The highest BCUT2D eigenvalue weighted by Crippen LogP contribution is 2.46. The lowest BCUT2D eigenvalue weighted by Crippen LogP contribution is -2.26. The maximum absolute atomic E-state index is 10.6. The van der Waals surface area contributed by atoms with Crippen molar-refractivity contribution >= 4 is 5.97 Å². The van der Waals surface area contributed by atoms with Crippen LogP contribution >= 0.6 is 0 Å². The van der Waals surface area contributed by atoms with E-state index in [9.17, 15) is 15.0 Å². The first-order valence-electron chi connectivity index (χ1n) is 10.6. The largest absolute Gasteiger partial charge is 0.508 e. The van der Waals surface area contributed by atoms with Crippen molar-refractivity contribution in [2.75, 3.05) is 0 Å². The molecule has 2 aliphatic rings. The second-order valence-corrected chi connectivity index (χ2v) is 8.28. The van der Waals surface area contributed by atoms with Gasteiger partial charge in [0.25, 0.3) is 0 Å².